The van der Waals surface area contributed by atoms with E-state index in [0.717, 1.165) is 5.56 Å². The Labute approximate surface area is 166 Å². The van der Waals surface area contributed by atoms with Crippen LogP contribution in [0.5, 0.6) is 5.75 Å². The molecular weight excluding hydrogens is 378 g/mol. The number of carbonyl (C=O) groups excluding carboxylic acids is 2. The van der Waals surface area contributed by atoms with Crippen LogP contribution in [-0.4, -0.2) is 18.1 Å². The average Bonchev–Trinajstić information content (AvgIpc) is 2.70. The van der Waals surface area contributed by atoms with Crippen LogP contribution >= 0.6 is 11.6 Å². The van der Waals surface area contributed by atoms with Gasteiger partial charge in [0.15, 0.2) is 0 Å². The Bertz CT molecular complexity index is 999. The zero-order chi connectivity index (χ0) is 19.9. The lowest BCUT2D eigenvalue weighted by atomic mass is 10.2. The van der Waals surface area contributed by atoms with Crippen molar-refractivity contribution in [2.75, 3.05) is 5.73 Å². The van der Waals surface area contributed by atoms with Gasteiger partial charge in [0.05, 0.1) is 11.8 Å². The van der Waals surface area contributed by atoms with Gasteiger partial charge in [0, 0.05) is 16.3 Å². The Morgan fingerprint density at radius 1 is 0.893 bits per heavy atom. The molecule has 0 fully saturated rings. The minimum Gasteiger partial charge on any atom is -0.423 e. The van der Waals surface area contributed by atoms with Crippen LogP contribution in [-0.2, 0) is 0 Å². The molecule has 1 amide bonds. The summed E-state index contributed by atoms with van der Waals surface area (Å²) in [6.45, 7) is 0. The summed E-state index contributed by atoms with van der Waals surface area (Å²) in [4.78, 5) is 24.0. The second kappa shape index (κ2) is 8.83. The molecule has 3 N–H and O–H groups in total. The van der Waals surface area contributed by atoms with Crippen LogP contribution < -0.4 is 15.9 Å². The first kappa shape index (κ1) is 19.1. The molecule has 0 aliphatic heterocycles. The molecule has 0 radical (unpaired) electrons. The van der Waals surface area contributed by atoms with Crippen LogP contribution in [0, 0.1) is 0 Å². The zero-order valence-corrected chi connectivity index (χ0v) is 15.4. The van der Waals surface area contributed by atoms with Crippen molar-refractivity contribution in [3.63, 3.8) is 0 Å². The molecular formula is C21H16ClN3O3. The molecule has 0 atom stereocenters. The van der Waals surface area contributed by atoms with Crippen LogP contribution in [0.25, 0.3) is 0 Å². The maximum atomic E-state index is 12.1. The number of benzene rings is 3. The number of carbonyl (C=O) groups is 2. The Morgan fingerprint density at radius 3 is 2.14 bits per heavy atom. The van der Waals surface area contributed by atoms with Gasteiger partial charge in [-0.2, -0.15) is 5.10 Å². The summed E-state index contributed by atoms with van der Waals surface area (Å²) < 4.78 is 5.30. The summed E-state index contributed by atoms with van der Waals surface area (Å²) in [5.74, 6) is -0.429. The molecule has 0 spiro atoms. The van der Waals surface area contributed by atoms with E-state index < -0.39 is 5.97 Å². The smallest absolute Gasteiger partial charge is 0.343 e. The van der Waals surface area contributed by atoms with Crippen molar-refractivity contribution >= 4 is 35.4 Å². The van der Waals surface area contributed by atoms with E-state index in [4.69, 9.17) is 22.1 Å². The van der Waals surface area contributed by atoms with Crippen molar-refractivity contribution in [3.05, 3.63) is 94.5 Å². The van der Waals surface area contributed by atoms with Crippen LogP contribution in [0.4, 0.5) is 5.69 Å². The van der Waals surface area contributed by atoms with Crippen molar-refractivity contribution < 1.29 is 14.3 Å². The van der Waals surface area contributed by atoms with E-state index in [2.05, 4.69) is 10.5 Å². The number of hydrogen-bond acceptors (Lipinski definition) is 5. The third kappa shape index (κ3) is 5.18. The normalized spacial score (nSPS) is 10.6. The lowest BCUT2D eigenvalue weighted by molar-refractivity contribution is 0.0734. The third-order valence-corrected chi connectivity index (χ3v) is 3.98. The van der Waals surface area contributed by atoms with Crippen LogP contribution in [0.15, 0.2) is 77.9 Å². The molecule has 0 unspecified atom stereocenters. The number of hydrazone groups is 1. The Morgan fingerprint density at radius 2 is 1.50 bits per heavy atom. The van der Waals surface area contributed by atoms with Crippen LogP contribution in [0.2, 0.25) is 5.02 Å². The van der Waals surface area contributed by atoms with Gasteiger partial charge in [0.25, 0.3) is 5.91 Å². The zero-order valence-electron chi connectivity index (χ0n) is 14.6. The summed E-state index contributed by atoms with van der Waals surface area (Å²) in [7, 11) is 0. The molecule has 0 aliphatic rings. The van der Waals surface area contributed by atoms with Crippen molar-refractivity contribution in [1.82, 2.24) is 5.43 Å². The van der Waals surface area contributed by atoms with E-state index in [1.54, 1.807) is 72.8 Å². The molecule has 0 saturated heterocycles. The van der Waals surface area contributed by atoms with Crippen molar-refractivity contribution in [3.8, 4) is 5.75 Å². The van der Waals surface area contributed by atoms with Gasteiger partial charge in [-0.3, -0.25) is 4.79 Å². The summed E-state index contributed by atoms with van der Waals surface area (Å²) in [5, 5.41) is 4.46. The highest BCUT2D eigenvalue weighted by atomic mass is 35.5. The number of nitrogen functional groups attached to an aromatic ring is 1. The average molecular weight is 394 g/mol. The van der Waals surface area contributed by atoms with Crippen molar-refractivity contribution in [1.29, 1.82) is 0 Å². The number of nitrogens with zero attached hydrogens (tertiary/aromatic N) is 1. The van der Waals surface area contributed by atoms with Gasteiger partial charge >= 0.3 is 5.97 Å². The number of halogens is 1. The highest BCUT2D eigenvalue weighted by Crippen LogP contribution is 2.15. The fraction of sp³-hybridized carbons (Fsp3) is 0. The molecule has 0 bridgehead atoms. The van der Waals surface area contributed by atoms with Gasteiger partial charge in [-0.25, -0.2) is 10.2 Å². The van der Waals surface area contributed by atoms with Crippen molar-refractivity contribution in [2.24, 2.45) is 5.10 Å². The largest absolute Gasteiger partial charge is 0.423 e. The first-order valence-electron chi connectivity index (χ1n) is 8.28. The Hall–Kier alpha value is -3.64. The number of esters is 1. The number of nitrogens with one attached hydrogen (secondary N) is 1. The number of anilines is 1. The number of ether oxygens (including phenoxy) is 1. The monoisotopic (exact) mass is 393 g/mol. The number of nitrogens with two attached hydrogens (primary N) is 1. The minimum absolute atomic E-state index is 0.343. The molecule has 0 saturated carbocycles. The van der Waals surface area contributed by atoms with E-state index in [9.17, 15) is 9.59 Å². The number of amides is 1. The van der Waals surface area contributed by atoms with Gasteiger partial charge in [-0.05, 0) is 78.4 Å². The van der Waals surface area contributed by atoms with Gasteiger partial charge in [-0.1, -0.05) is 11.6 Å². The summed E-state index contributed by atoms with van der Waals surface area (Å²) in [6, 6.07) is 19.6. The van der Waals surface area contributed by atoms with Gasteiger partial charge in [-0.15, -0.1) is 0 Å². The first-order chi connectivity index (χ1) is 13.5. The first-order valence-corrected chi connectivity index (χ1v) is 8.66. The van der Waals surface area contributed by atoms with Crippen LogP contribution in [0.1, 0.15) is 26.3 Å². The third-order valence-electron chi connectivity index (χ3n) is 3.72. The maximum Gasteiger partial charge on any atom is 0.343 e. The second-order valence-electron chi connectivity index (χ2n) is 5.79. The summed E-state index contributed by atoms with van der Waals surface area (Å²) in [6.07, 6.45) is 1.49. The van der Waals surface area contributed by atoms with E-state index in [0.29, 0.717) is 27.6 Å². The number of rotatable bonds is 5. The molecule has 0 aromatic heterocycles. The van der Waals surface area contributed by atoms with E-state index in [1.807, 2.05) is 0 Å². The molecule has 28 heavy (non-hydrogen) atoms. The molecule has 7 heteroatoms. The maximum absolute atomic E-state index is 12.1. The van der Waals surface area contributed by atoms with Gasteiger partial charge in [0.2, 0.25) is 0 Å². The highest BCUT2D eigenvalue weighted by Gasteiger charge is 2.08. The summed E-state index contributed by atoms with van der Waals surface area (Å²) >= 11 is 5.80. The number of hydrogen-bond donors (Lipinski definition) is 2. The molecule has 3 rings (SSSR count). The van der Waals surface area contributed by atoms with Crippen LogP contribution in [0.3, 0.4) is 0 Å². The van der Waals surface area contributed by atoms with E-state index in [-0.39, 0.29) is 5.91 Å². The Balaban J connectivity index is 1.55. The van der Waals surface area contributed by atoms with Gasteiger partial charge < -0.3 is 10.5 Å². The standard InChI is InChI=1S/C21H16ClN3O3/c22-17-7-3-16(4-8-17)21(27)28-19-11-1-14(2-12-19)13-24-25-20(26)15-5-9-18(23)10-6-15/h1-13H,23H2,(H,25,26)/b24-13-. The molecule has 3 aromatic carbocycles. The second-order valence-corrected chi connectivity index (χ2v) is 6.22. The fourth-order valence-electron chi connectivity index (χ4n) is 2.24. The van der Waals surface area contributed by atoms with Gasteiger partial charge in [0.1, 0.15) is 5.75 Å². The quantitative estimate of drug-likeness (QED) is 0.226. The molecule has 140 valence electrons. The van der Waals surface area contributed by atoms with E-state index >= 15 is 0 Å². The lowest BCUT2D eigenvalue weighted by Gasteiger charge is -2.05. The highest BCUT2D eigenvalue weighted by molar-refractivity contribution is 6.30. The molecule has 0 heterocycles. The topological polar surface area (TPSA) is 93.8 Å². The molecule has 6 nitrogen and oxygen atoms in total. The van der Waals surface area contributed by atoms with Crippen molar-refractivity contribution in [2.45, 2.75) is 0 Å². The molecule has 3 aromatic rings. The predicted octanol–water partition coefficient (Wildman–Crippen LogP) is 3.91. The fourth-order valence-corrected chi connectivity index (χ4v) is 2.36. The SMILES string of the molecule is Nc1ccc(C(=O)N/N=C\c2ccc(OC(=O)c3ccc(Cl)cc3)cc2)cc1. The van der Waals surface area contributed by atoms with E-state index in [1.165, 1.54) is 6.21 Å². The molecule has 0 aliphatic carbocycles. The lowest BCUT2D eigenvalue weighted by Crippen LogP contribution is -2.17. The minimum atomic E-state index is -0.478. The summed E-state index contributed by atoms with van der Waals surface area (Å²) in [5.41, 5.74) is 10.2. The predicted molar refractivity (Wildman–Crippen MR) is 109 cm³/mol. The Kier molecular flexibility index (Phi) is 6.04.